The van der Waals surface area contributed by atoms with Crippen molar-refractivity contribution < 1.29 is 13.3 Å². The number of thiazole rings is 1. The smallest absolute Gasteiger partial charge is 0.258 e. The van der Waals surface area contributed by atoms with E-state index in [0.717, 1.165) is 34.1 Å². The number of nitro benzene ring substituents is 1. The maximum atomic E-state index is 12.5. The van der Waals surface area contributed by atoms with Gasteiger partial charge in [0.25, 0.3) is 15.7 Å². The molecule has 1 N–H and O–H groups in total. The van der Waals surface area contributed by atoms with Crippen molar-refractivity contribution in [1.82, 2.24) is 4.98 Å². The lowest BCUT2D eigenvalue weighted by molar-refractivity contribution is -0.387. The summed E-state index contributed by atoms with van der Waals surface area (Å²) in [6, 6.07) is 11.1. The third-order valence-electron chi connectivity index (χ3n) is 3.75. The van der Waals surface area contributed by atoms with Gasteiger partial charge in [-0.25, -0.2) is 13.4 Å². The van der Waals surface area contributed by atoms with Gasteiger partial charge in [-0.15, -0.1) is 11.3 Å². The third kappa shape index (κ3) is 3.58. The Bertz CT molecular complexity index is 1090. The highest BCUT2D eigenvalue weighted by Gasteiger charge is 2.26. The molecule has 9 heteroatoms. The summed E-state index contributed by atoms with van der Waals surface area (Å²) in [5, 5.41) is 13.0. The number of benzene rings is 2. The predicted molar refractivity (Wildman–Crippen MR) is 101 cm³/mol. The molecular formula is C17H15N3O4S2. The molecule has 0 radical (unpaired) electrons. The quantitative estimate of drug-likeness (QED) is 0.522. The van der Waals surface area contributed by atoms with E-state index in [-0.39, 0.29) is 5.13 Å². The first-order chi connectivity index (χ1) is 12.3. The molecule has 0 aliphatic rings. The molecule has 2 aromatic carbocycles. The van der Waals surface area contributed by atoms with Gasteiger partial charge in [-0.1, -0.05) is 29.8 Å². The lowest BCUT2D eigenvalue weighted by Crippen LogP contribution is -2.14. The molecule has 1 heterocycles. The van der Waals surface area contributed by atoms with Gasteiger partial charge in [-0.2, -0.15) is 0 Å². The van der Waals surface area contributed by atoms with Crippen molar-refractivity contribution >= 4 is 32.2 Å². The fraction of sp³-hybridized carbons (Fsp3) is 0.118. The van der Waals surface area contributed by atoms with E-state index < -0.39 is 25.5 Å². The largest absolute Gasteiger partial charge is 0.289 e. The highest BCUT2D eigenvalue weighted by atomic mass is 32.2. The first kappa shape index (κ1) is 18.0. The highest BCUT2D eigenvalue weighted by Crippen LogP contribution is 2.30. The summed E-state index contributed by atoms with van der Waals surface area (Å²) < 4.78 is 27.4. The van der Waals surface area contributed by atoms with Crippen LogP contribution in [0.2, 0.25) is 0 Å². The zero-order chi connectivity index (χ0) is 18.9. The Morgan fingerprint density at radius 3 is 2.62 bits per heavy atom. The maximum Gasteiger partial charge on any atom is 0.289 e. The molecule has 1 aromatic heterocycles. The molecule has 0 spiro atoms. The molecule has 3 rings (SSSR count). The van der Waals surface area contributed by atoms with E-state index in [1.54, 1.807) is 5.38 Å². The molecule has 3 aromatic rings. The molecule has 0 unspecified atom stereocenters. The Hall–Kier alpha value is -2.78. The van der Waals surface area contributed by atoms with Crippen molar-refractivity contribution in [2.45, 2.75) is 18.7 Å². The monoisotopic (exact) mass is 389 g/mol. The van der Waals surface area contributed by atoms with Crippen LogP contribution in [0.25, 0.3) is 11.3 Å². The van der Waals surface area contributed by atoms with Gasteiger partial charge in [-0.3, -0.25) is 14.8 Å². The summed E-state index contributed by atoms with van der Waals surface area (Å²) in [7, 11) is -4.12. The number of aryl methyl sites for hydroxylation is 2. The molecule has 0 fully saturated rings. The highest BCUT2D eigenvalue weighted by molar-refractivity contribution is 7.93. The van der Waals surface area contributed by atoms with Gasteiger partial charge in [0, 0.05) is 17.0 Å². The van der Waals surface area contributed by atoms with Crippen LogP contribution in [0.4, 0.5) is 10.8 Å². The first-order valence-corrected chi connectivity index (χ1v) is 9.93. The summed E-state index contributed by atoms with van der Waals surface area (Å²) in [5.74, 6) is 0. The minimum absolute atomic E-state index is 0.152. The Labute approximate surface area is 154 Å². The Morgan fingerprint density at radius 1 is 1.15 bits per heavy atom. The molecule has 0 amide bonds. The van der Waals surface area contributed by atoms with Crippen molar-refractivity contribution in [2.75, 3.05) is 4.72 Å². The number of hydrogen-bond acceptors (Lipinski definition) is 6. The number of nitro groups is 1. The Morgan fingerprint density at radius 2 is 1.88 bits per heavy atom. The summed E-state index contributed by atoms with van der Waals surface area (Å²) >= 11 is 1.12. The van der Waals surface area contributed by atoms with Gasteiger partial charge in [-0.05, 0) is 31.5 Å². The van der Waals surface area contributed by atoms with E-state index in [1.165, 1.54) is 18.2 Å². The average molecular weight is 389 g/mol. The second-order valence-corrected chi connectivity index (χ2v) is 8.20. The second-order valence-electron chi connectivity index (χ2n) is 5.69. The molecule has 0 saturated heterocycles. The SMILES string of the molecule is Cc1ccc(C)c(-c2csc(NS(=O)(=O)c3ccccc3[N+](=O)[O-])n2)c1. The summed E-state index contributed by atoms with van der Waals surface area (Å²) in [6.07, 6.45) is 0. The number of sulfonamides is 1. The van der Waals surface area contributed by atoms with E-state index in [0.29, 0.717) is 5.69 Å². The van der Waals surface area contributed by atoms with Crippen LogP contribution in [-0.2, 0) is 10.0 Å². The summed E-state index contributed by atoms with van der Waals surface area (Å²) in [4.78, 5) is 14.3. The van der Waals surface area contributed by atoms with Crippen molar-refractivity contribution in [3.63, 3.8) is 0 Å². The third-order valence-corrected chi connectivity index (χ3v) is 6.02. The molecular weight excluding hydrogens is 374 g/mol. The van der Waals surface area contributed by atoms with Gasteiger partial charge in [0.1, 0.15) is 0 Å². The van der Waals surface area contributed by atoms with Crippen LogP contribution in [-0.4, -0.2) is 18.3 Å². The number of aromatic nitrogens is 1. The number of nitrogens with zero attached hydrogens (tertiary/aromatic N) is 2. The van der Waals surface area contributed by atoms with Crippen molar-refractivity contribution in [2.24, 2.45) is 0 Å². The van der Waals surface area contributed by atoms with Gasteiger partial charge in [0.05, 0.1) is 10.6 Å². The maximum absolute atomic E-state index is 12.5. The Kier molecular flexibility index (Phi) is 4.75. The topological polar surface area (TPSA) is 102 Å². The van der Waals surface area contributed by atoms with Crippen LogP contribution in [0.15, 0.2) is 52.7 Å². The molecule has 0 saturated carbocycles. The fourth-order valence-electron chi connectivity index (χ4n) is 2.46. The fourth-order valence-corrected chi connectivity index (χ4v) is 4.60. The molecule has 7 nitrogen and oxygen atoms in total. The second kappa shape index (κ2) is 6.85. The van der Waals surface area contributed by atoms with Gasteiger partial charge >= 0.3 is 0 Å². The molecule has 26 heavy (non-hydrogen) atoms. The number of nitrogens with one attached hydrogen (secondary N) is 1. The lowest BCUT2D eigenvalue weighted by atomic mass is 10.0. The van der Waals surface area contributed by atoms with E-state index >= 15 is 0 Å². The van der Waals surface area contributed by atoms with E-state index in [9.17, 15) is 18.5 Å². The average Bonchev–Trinajstić information content (AvgIpc) is 3.04. The molecule has 0 atom stereocenters. The van der Waals surface area contributed by atoms with Crippen LogP contribution in [0.1, 0.15) is 11.1 Å². The van der Waals surface area contributed by atoms with Crippen LogP contribution in [0.3, 0.4) is 0 Å². The zero-order valence-electron chi connectivity index (χ0n) is 14.0. The summed E-state index contributed by atoms with van der Waals surface area (Å²) in [5.41, 5.74) is 3.18. The van der Waals surface area contributed by atoms with Crippen molar-refractivity contribution in [3.05, 3.63) is 69.1 Å². The number of para-hydroxylation sites is 1. The van der Waals surface area contributed by atoms with Crippen LogP contribution >= 0.6 is 11.3 Å². The standard InChI is InChI=1S/C17H15N3O4S2/c1-11-7-8-12(2)13(9-11)14-10-25-17(18-14)19-26(23,24)16-6-4-3-5-15(16)20(21)22/h3-10H,1-2H3,(H,18,19). The van der Waals surface area contributed by atoms with Crippen molar-refractivity contribution in [3.8, 4) is 11.3 Å². The number of anilines is 1. The molecule has 0 aliphatic carbocycles. The molecule has 0 aliphatic heterocycles. The van der Waals surface area contributed by atoms with Crippen LogP contribution in [0.5, 0.6) is 0 Å². The number of hydrogen-bond donors (Lipinski definition) is 1. The Balaban J connectivity index is 1.94. The van der Waals surface area contributed by atoms with Crippen molar-refractivity contribution in [1.29, 1.82) is 0 Å². The molecule has 0 bridgehead atoms. The van der Waals surface area contributed by atoms with Crippen LogP contribution in [0, 0.1) is 24.0 Å². The van der Waals surface area contributed by atoms with Gasteiger partial charge in [0.15, 0.2) is 10.0 Å². The normalized spacial score (nSPS) is 11.3. The minimum Gasteiger partial charge on any atom is -0.258 e. The van der Waals surface area contributed by atoms with E-state index in [4.69, 9.17) is 0 Å². The molecule has 134 valence electrons. The zero-order valence-corrected chi connectivity index (χ0v) is 15.6. The van der Waals surface area contributed by atoms with Gasteiger partial charge in [0.2, 0.25) is 0 Å². The lowest BCUT2D eigenvalue weighted by Gasteiger charge is -2.06. The van der Waals surface area contributed by atoms with E-state index in [1.807, 2.05) is 32.0 Å². The van der Waals surface area contributed by atoms with E-state index in [2.05, 4.69) is 9.71 Å². The minimum atomic E-state index is -4.12. The number of rotatable bonds is 5. The van der Waals surface area contributed by atoms with Crippen LogP contribution < -0.4 is 4.72 Å². The first-order valence-electron chi connectivity index (χ1n) is 7.57. The summed E-state index contributed by atoms with van der Waals surface area (Å²) in [6.45, 7) is 3.92. The predicted octanol–water partition coefficient (Wildman–Crippen LogP) is 4.14. The van der Waals surface area contributed by atoms with Gasteiger partial charge < -0.3 is 0 Å².